The Morgan fingerprint density at radius 2 is 0.727 bits per heavy atom. The van der Waals surface area contributed by atoms with Gasteiger partial charge in [-0.1, -0.05) is 142 Å². The second-order valence-electron chi connectivity index (χ2n) is 11.8. The van der Waals surface area contributed by atoms with E-state index in [4.69, 9.17) is 0 Å². The fourth-order valence-corrected chi connectivity index (χ4v) is 4.11. The fourth-order valence-electron chi connectivity index (χ4n) is 4.11. The van der Waals surface area contributed by atoms with Crippen LogP contribution in [0, 0.1) is 35.5 Å². The number of allylic oxidation sites excluding steroid dienone is 12. The van der Waals surface area contributed by atoms with E-state index in [2.05, 4.69) is 120 Å². The molecule has 0 bridgehead atoms. The topological polar surface area (TPSA) is 0 Å². The quantitative estimate of drug-likeness (QED) is 0.377. The maximum Gasteiger partial charge on any atom is -0.00971 e. The van der Waals surface area contributed by atoms with Crippen LogP contribution in [0.2, 0.25) is 0 Å². The van der Waals surface area contributed by atoms with Gasteiger partial charge < -0.3 is 0 Å². The zero-order valence-corrected chi connectivity index (χ0v) is 24.0. The SMILES string of the molecule is CC(C)C1=CC=C(C(C)C)C1.CC(C)C1=CCC(C(C)C)=C1.CC(C)C1=CCC(C(C)C)=C1. The lowest BCUT2D eigenvalue weighted by molar-refractivity contribution is 0.696. The third-order valence-corrected chi connectivity index (χ3v) is 7.07. The molecule has 0 fully saturated rings. The van der Waals surface area contributed by atoms with Crippen LogP contribution in [0.1, 0.15) is 102 Å². The zero-order chi connectivity index (χ0) is 25.3. The molecule has 0 spiro atoms. The normalized spacial score (nSPS) is 17.6. The lowest BCUT2D eigenvalue weighted by atomic mass is 9.95. The number of rotatable bonds is 6. The summed E-state index contributed by atoms with van der Waals surface area (Å²) in [5.74, 6) is 4.30. The van der Waals surface area contributed by atoms with E-state index < -0.39 is 0 Å². The highest BCUT2D eigenvalue weighted by molar-refractivity contribution is 5.35. The van der Waals surface area contributed by atoms with Crippen molar-refractivity contribution in [3.8, 4) is 0 Å². The Kier molecular flexibility index (Phi) is 12.5. The highest BCUT2D eigenvalue weighted by Gasteiger charge is 2.13. The molecule has 0 heterocycles. The fraction of sp³-hybridized carbons (Fsp3) is 0.636. The molecule has 0 heteroatoms. The van der Waals surface area contributed by atoms with E-state index in [1.54, 1.807) is 22.3 Å². The average molecular weight is 451 g/mol. The van der Waals surface area contributed by atoms with Crippen molar-refractivity contribution in [2.75, 3.05) is 0 Å². The summed E-state index contributed by atoms with van der Waals surface area (Å²) in [5.41, 5.74) is 9.41. The van der Waals surface area contributed by atoms with E-state index in [9.17, 15) is 0 Å². The molecule has 3 rings (SSSR count). The van der Waals surface area contributed by atoms with E-state index >= 15 is 0 Å². The standard InChI is InChI=1S/3C11H18/c3*1-8(2)10-5-6-11(7-10)9(3)4/h2*5,7-9H,6H2,1-4H3;5-6,8-9H,7H2,1-4H3. The minimum atomic E-state index is 0.700. The molecule has 0 atom stereocenters. The van der Waals surface area contributed by atoms with Crippen molar-refractivity contribution in [2.45, 2.75) is 102 Å². The van der Waals surface area contributed by atoms with Crippen LogP contribution in [0.15, 0.2) is 69.9 Å². The van der Waals surface area contributed by atoms with Crippen molar-refractivity contribution in [1.82, 2.24) is 0 Å². The highest BCUT2D eigenvalue weighted by atomic mass is 14.2. The molecular formula is C33H54. The summed E-state index contributed by atoms with van der Waals surface area (Å²) >= 11 is 0. The van der Waals surface area contributed by atoms with Crippen LogP contribution in [0.5, 0.6) is 0 Å². The first-order valence-electron chi connectivity index (χ1n) is 13.5. The van der Waals surface area contributed by atoms with Crippen LogP contribution in [0.4, 0.5) is 0 Å². The summed E-state index contributed by atoms with van der Waals surface area (Å²) in [6.45, 7) is 27.2. The van der Waals surface area contributed by atoms with Gasteiger partial charge in [-0.3, -0.25) is 0 Å². The van der Waals surface area contributed by atoms with Crippen molar-refractivity contribution in [2.24, 2.45) is 35.5 Å². The lowest BCUT2D eigenvalue weighted by Gasteiger charge is -2.10. The molecule has 0 nitrogen and oxygen atoms in total. The summed E-state index contributed by atoms with van der Waals surface area (Å²) < 4.78 is 0. The summed E-state index contributed by atoms with van der Waals surface area (Å²) in [6.07, 6.45) is 17.6. The van der Waals surface area contributed by atoms with Gasteiger partial charge >= 0.3 is 0 Å². The van der Waals surface area contributed by atoms with E-state index in [1.165, 1.54) is 30.4 Å². The van der Waals surface area contributed by atoms with Crippen molar-refractivity contribution < 1.29 is 0 Å². The molecule has 0 amide bonds. The number of hydrogen-bond acceptors (Lipinski definition) is 0. The third kappa shape index (κ3) is 10.1. The Morgan fingerprint density at radius 3 is 0.879 bits per heavy atom. The van der Waals surface area contributed by atoms with E-state index in [1.807, 2.05) is 0 Å². The van der Waals surface area contributed by atoms with Gasteiger partial charge in [0.15, 0.2) is 0 Å². The minimum absolute atomic E-state index is 0.700. The molecule has 0 N–H and O–H groups in total. The van der Waals surface area contributed by atoms with Crippen LogP contribution < -0.4 is 0 Å². The largest absolute Gasteiger partial charge is 0.0770 e. The predicted molar refractivity (Wildman–Crippen MR) is 151 cm³/mol. The summed E-state index contributed by atoms with van der Waals surface area (Å²) in [7, 11) is 0. The Morgan fingerprint density at radius 1 is 0.424 bits per heavy atom. The second kappa shape index (κ2) is 14.0. The molecule has 186 valence electrons. The van der Waals surface area contributed by atoms with Crippen molar-refractivity contribution in [1.29, 1.82) is 0 Å². The predicted octanol–water partition coefficient (Wildman–Crippen LogP) is 10.7. The van der Waals surface area contributed by atoms with Gasteiger partial charge in [0, 0.05) is 0 Å². The Labute approximate surface area is 207 Å². The van der Waals surface area contributed by atoms with Gasteiger partial charge in [-0.2, -0.15) is 0 Å². The maximum atomic E-state index is 2.37. The first kappa shape index (κ1) is 29.5. The minimum Gasteiger partial charge on any atom is -0.0770 e. The number of hydrogen-bond donors (Lipinski definition) is 0. The van der Waals surface area contributed by atoms with Crippen LogP contribution in [0.3, 0.4) is 0 Å². The molecule has 0 unspecified atom stereocenters. The van der Waals surface area contributed by atoms with Gasteiger partial charge in [-0.15, -0.1) is 0 Å². The van der Waals surface area contributed by atoms with E-state index in [0.717, 1.165) is 23.7 Å². The van der Waals surface area contributed by atoms with Crippen molar-refractivity contribution in [3.63, 3.8) is 0 Å². The van der Waals surface area contributed by atoms with Gasteiger partial charge in [-0.25, -0.2) is 0 Å². The van der Waals surface area contributed by atoms with Crippen molar-refractivity contribution in [3.05, 3.63) is 69.9 Å². The maximum absolute atomic E-state index is 2.37. The molecular weight excluding hydrogens is 396 g/mol. The monoisotopic (exact) mass is 450 g/mol. The van der Waals surface area contributed by atoms with Crippen LogP contribution in [0.25, 0.3) is 0 Å². The molecule has 3 aliphatic carbocycles. The van der Waals surface area contributed by atoms with Gasteiger partial charge in [0.05, 0.1) is 0 Å². The molecule has 0 radical (unpaired) electrons. The molecule has 33 heavy (non-hydrogen) atoms. The average Bonchev–Trinajstić information content (AvgIpc) is 3.49. The molecule has 0 aliphatic heterocycles. The van der Waals surface area contributed by atoms with Gasteiger partial charge in [0.2, 0.25) is 0 Å². The van der Waals surface area contributed by atoms with Gasteiger partial charge in [-0.05, 0) is 65.9 Å². The van der Waals surface area contributed by atoms with Gasteiger partial charge in [0.25, 0.3) is 0 Å². The Bertz CT molecular complexity index is 727. The smallest absolute Gasteiger partial charge is 0.00971 e. The van der Waals surface area contributed by atoms with Crippen LogP contribution in [-0.4, -0.2) is 0 Å². The third-order valence-electron chi connectivity index (χ3n) is 7.07. The molecule has 0 aromatic rings. The Balaban J connectivity index is 0.000000247. The van der Waals surface area contributed by atoms with Crippen molar-refractivity contribution >= 4 is 0 Å². The molecule has 0 saturated carbocycles. The first-order valence-corrected chi connectivity index (χ1v) is 13.5. The van der Waals surface area contributed by atoms with Crippen LogP contribution in [-0.2, 0) is 0 Å². The lowest BCUT2D eigenvalue weighted by Crippen LogP contribution is -1.95. The first-order chi connectivity index (χ1) is 15.3. The van der Waals surface area contributed by atoms with E-state index in [-0.39, 0.29) is 0 Å². The summed E-state index contributed by atoms with van der Waals surface area (Å²) in [6, 6.07) is 0. The molecule has 0 saturated heterocycles. The molecule has 0 aromatic heterocycles. The summed E-state index contributed by atoms with van der Waals surface area (Å²) in [5, 5.41) is 0. The molecule has 0 aromatic carbocycles. The second-order valence-corrected chi connectivity index (χ2v) is 11.8. The molecule has 3 aliphatic rings. The summed E-state index contributed by atoms with van der Waals surface area (Å²) in [4.78, 5) is 0. The van der Waals surface area contributed by atoms with Crippen LogP contribution >= 0.6 is 0 Å². The highest BCUT2D eigenvalue weighted by Crippen LogP contribution is 2.30. The van der Waals surface area contributed by atoms with E-state index in [0.29, 0.717) is 11.8 Å². The zero-order valence-electron chi connectivity index (χ0n) is 24.0. The Hall–Kier alpha value is -1.56. The van der Waals surface area contributed by atoms with Gasteiger partial charge in [0.1, 0.15) is 0 Å².